The van der Waals surface area contributed by atoms with Crippen LogP contribution in [0.4, 0.5) is 13.2 Å². The van der Waals surface area contributed by atoms with Crippen molar-refractivity contribution in [3.63, 3.8) is 0 Å². The molecule has 2 N–H and O–H groups in total. The number of hydrogen-bond donors (Lipinski definition) is 2. The quantitative estimate of drug-likeness (QED) is 0.377. The summed E-state index contributed by atoms with van der Waals surface area (Å²) in [6.45, 7) is -0.543. The third-order valence-corrected chi connectivity index (χ3v) is 6.00. The summed E-state index contributed by atoms with van der Waals surface area (Å²) in [4.78, 5) is 23.3. The summed E-state index contributed by atoms with van der Waals surface area (Å²) in [5.74, 6) is -0.118. The monoisotopic (exact) mass is 515 g/mol. The molecule has 0 bridgehead atoms. The number of carbonyl (C=O) groups is 1. The molecule has 0 amide bonds. The van der Waals surface area contributed by atoms with E-state index in [2.05, 4.69) is 19.7 Å². The minimum absolute atomic E-state index is 0.0812. The lowest BCUT2D eigenvalue weighted by Crippen LogP contribution is -2.58. The number of likely N-dealkylation sites (tertiary alicyclic amines) is 1. The molecule has 12 heteroatoms. The Morgan fingerprint density at radius 2 is 1.86 bits per heavy atom. The summed E-state index contributed by atoms with van der Waals surface area (Å²) in [7, 11) is 1.89. The van der Waals surface area contributed by atoms with Gasteiger partial charge in [0, 0.05) is 66.6 Å². The van der Waals surface area contributed by atoms with Gasteiger partial charge in [-0.3, -0.25) is 9.69 Å². The first kappa shape index (κ1) is 26.0. The predicted molar refractivity (Wildman–Crippen MR) is 127 cm³/mol. The Balaban J connectivity index is 0.00000102. The fraction of sp³-hybridized carbons (Fsp3) is 0.280. The summed E-state index contributed by atoms with van der Waals surface area (Å²) < 4.78 is 47.0. The number of aromatic nitrogens is 4. The molecule has 0 unspecified atom stereocenters. The minimum atomic E-state index is -2.94. The predicted octanol–water partition coefficient (Wildman–Crippen LogP) is 3.26. The van der Waals surface area contributed by atoms with E-state index in [1.54, 1.807) is 35.7 Å². The van der Waals surface area contributed by atoms with Crippen molar-refractivity contribution >= 4 is 12.1 Å². The molecule has 5 rings (SSSR count). The third kappa shape index (κ3) is 5.39. The minimum Gasteiger partial charge on any atom is -0.483 e. The summed E-state index contributed by atoms with van der Waals surface area (Å²) in [5.41, 5.74) is 1.91. The first-order chi connectivity index (χ1) is 17.6. The molecule has 4 heterocycles. The van der Waals surface area contributed by atoms with Gasteiger partial charge in [-0.05, 0) is 20.0 Å². The Morgan fingerprint density at radius 3 is 2.49 bits per heavy atom. The number of para-hydroxylation sites is 1. The zero-order valence-electron chi connectivity index (χ0n) is 20.0. The molecule has 194 valence electrons. The summed E-state index contributed by atoms with van der Waals surface area (Å²) in [5, 5.41) is 17.4. The average molecular weight is 515 g/mol. The van der Waals surface area contributed by atoms with Crippen LogP contribution in [0.15, 0.2) is 48.9 Å². The zero-order valence-corrected chi connectivity index (χ0v) is 20.0. The van der Waals surface area contributed by atoms with Gasteiger partial charge < -0.3 is 19.4 Å². The number of nitrogens with zero attached hydrogens (tertiary/aromatic N) is 5. The number of rotatable bonds is 6. The third-order valence-electron chi connectivity index (χ3n) is 6.00. The SMILES string of the molecule is Cc1nc2cc(F)c(-c3cnc(C4(O)CN(C)C4)nc3)cn2c1Cc1ccccc1OC(F)F.O=CO. The van der Waals surface area contributed by atoms with Crippen LogP contribution >= 0.6 is 0 Å². The van der Waals surface area contributed by atoms with Crippen LogP contribution in [0, 0.1) is 12.7 Å². The maximum atomic E-state index is 15.0. The van der Waals surface area contributed by atoms with E-state index in [9.17, 15) is 18.3 Å². The molecule has 0 spiro atoms. The van der Waals surface area contributed by atoms with Crippen LogP contribution < -0.4 is 4.74 Å². The molecular formula is C25H24F3N5O4. The van der Waals surface area contributed by atoms with E-state index in [0.29, 0.717) is 47.1 Å². The zero-order chi connectivity index (χ0) is 26.7. The number of likely N-dealkylation sites (N-methyl/N-ethyl adjacent to an activating group) is 1. The normalized spacial score (nSPS) is 14.7. The standard InChI is InChI=1S/C24H22F3N5O2.CH2O2/c1-14-19(7-15-5-3-4-6-20(15)34-23(26)27)32-11-17(18(25)8-21(32)30-14)16-9-28-22(29-10-16)24(33)12-31(2)13-24;2-1-3/h3-6,8-11,23,33H,7,12-13H2,1-2H3;1H,(H,2,3). The van der Waals surface area contributed by atoms with E-state index in [4.69, 9.17) is 9.90 Å². The van der Waals surface area contributed by atoms with E-state index >= 15 is 0 Å². The van der Waals surface area contributed by atoms with Gasteiger partial charge in [0.05, 0.1) is 5.69 Å². The lowest BCUT2D eigenvalue weighted by molar-refractivity contribution is -0.122. The molecule has 1 aliphatic rings. The molecule has 4 aromatic rings. The highest BCUT2D eigenvalue weighted by atomic mass is 19.3. The Morgan fingerprint density at radius 1 is 1.22 bits per heavy atom. The number of aryl methyl sites for hydroxylation is 1. The Hall–Kier alpha value is -4.03. The number of fused-ring (bicyclic) bond motifs is 1. The van der Waals surface area contributed by atoms with Gasteiger partial charge >= 0.3 is 6.61 Å². The molecule has 0 atom stereocenters. The maximum absolute atomic E-state index is 15.0. The Labute approximate surface area is 209 Å². The summed E-state index contributed by atoms with van der Waals surface area (Å²) in [6, 6.07) is 7.87. The van der Waals surface area contributed by atoms with Crippen molar-refractivity contribution in [3.05, 3.63) is 77.5 Å². The van der Waals surface area contributed by atoms with E-state index in [1.807, 2.05) is 11.9 Å². The molecule has 1 saturated heterocycles. The first-order valence-corrected chi connectivity index (χ1v) is 11.2. The van der Waals surface area contributed by atoms with Crippen LogP contribution in [0.1, 0.15) is 22.8 Å². The number of halogens is 3. The number of hydrogen-bond acceptors (Lipinski definition) is 7. The topological polar surface area (TPSA) is 113 Å². The number of benzene rings is 1. The molecule has 1 aromatic carbocycles. The van der Waals surface area contributed by atoms with Crippen molar-refractivity contribution in [3.8, 4) is 16.9 Å². The highest BCUT2D eigenvalue weighted by molar-refractivity contribution is 5.64. The van der Waals surface area contributed by atoms with Crippen molar-refractivity contribution in [2.75, 3.05) is 20.1 Å². The second-order valence-corrected chi connectivity index (χ2v) is 8.67. The molecule has 1 fully saturated rings. The van der Waals surface area contributed by atoms with E-state index in [0.717, 1.165) is 0 Å². The van der Waals surface area contributed by atoms with Crippen molar-refractivity contribution in [1.82, 2.24) is 24.3 Å². The van der Waals surface area contributed by atoms with Gasteiger partial charge in [0.25, 0.3) is 6.47 Å². The lowest BCUT2D eigenvalue weighted by Gasteiger charge is -2.42. The van der Waals surface area contributed by atoms with Gasteiger partial charge in [0.15, 0.2) is 5.82 Å². The molecule has 3 aromatic heterocycles. The summed E-state index contributed by atoms with van der Waals surface area (Å²) in [6.07, 6.45) is 4.83. The number of aliphatic hydroxyl groups is 1. The molecular weight excluding hydrogens is 491 g/mol. The maximum Gasteiger partial charge on any atom is 0.387 e. The number of β-amino-alcohol motifs (C(OH)–C–C–N with tert-alkyl or cyclic N) is 1. The second-order valence-electron chi connectivity index (χ2n) is 8.67. The number of imidazole rings is 1. The first-order valence-electron chi connectivity index (χ1n) is 11.2. The van der Waals surface area contributed by atoms with Crippen molar-refractivity contribution in [2.24, 2.45) is 0 Å². The average Bonchev–Trinajstić information content (AvgIpc) is 3.13. The molecule has 37 heavy (non-hydrogen) atoms. The van der Waals surface area contributed by atoms with Gasteiger partial charge in [-0.2, -0.15) is 8.78 Å². The van der Waals surface area contributed by atoms with Crippen molar-refractivity contribution in [2.45, 2.75) is 25.6 Å². The van der Waals surface area contributed by atoms with E-state index in [-0.39, 0.29) is 24.2 Å². The molecule has 0 aliphatic carbocycles. The van der Waals surface area contributed by atoms with Crippen LogP contribution in [0.5, 0.6) is 5.75 Å². The largest absolute Gasteiger partial charge is 0.483 e. The highest BCUT2D eigenvalue weighted by Gasteiger charge is 2.43. The number of carboxylic acid groups (broad SMARTS) is 1. The molecule has 0 saturated carbocycles. The van der Waals surface area contributed by atoms with Crippen LogP contribution in [-0.4, -0.2) is 67.7 Å². The van der Waals surface area contributed by atoms with Gasteiger partial charge in [0.1, 0.15) is 22.8 Å². The van der Waals surface area contributed by atoms with Crippen molar-refractivity contribution < 1.29 is 32.9 Å². The van der Waals surface area contributed by atoms with Crippen LogP contribution in [0.25, 0.3) is 16.8 Å². The number of alkyl halides is 2. The van der Waals surface area contributed by atoms with Gasteiger partial charge in [-0.25, -0.2) is 19.3 Å². The molecule has 9 nitrogen and oxygen atoms in total. The van der Waals surface area contributed by atoms with Crippen LogP contribution in [0.2, 0.25) is 0 Å². The fourth-order valence-corrected chi connectivity index (χ4v) is 4.39. The molecule has 1 aliphatic heterocycles. The smallest absolute Gasteiger partial charge is 0.387 e. The lowest BCUT2D eigenvalue weighted by atomic mass is 9.94. The van der Waals surface area contributed by atoms with Crippen LogP contribution in [-0.2, 0) is 16.8 Å². The van der Waals surface area contributed by atoms with Crippen molar-refractivity contribution in [1.29, 1.82) is 0 Å². The second kappa shape index (κ2) is 10.5. The van der Waals surface area contributed by atoms with Crippen LogP contribution in [0.3, 0.4) is 0 Å². The Bertz CT molecular complexity index is 1410. The number of pyridine rings is 1. The summed E-state index contributed by atoms with van der Waals surface area (Å²) >= 11 is 0. The van der Waals surface area contributed by atoms with Gasteiger partial charge in [0.2, 0.25) is 0 Å². The van der Waals surface area contributed by atoms with E-state index in [1.165, 1.54) is 24.5 Å². The number of ether oxygens (including phenoxy) is 1. The fourth-order valence-electron chi connectivity index (χ4n) is 4.39. The Kier molecular flexibility index (Phi) is 7.41. The highest BCUT2D eigenvalue weighted by Crippen LogP contribution is 2.31. The van der Waals surface area contributed by atoms with E-state index < -0.39 is 18.0 Å². The van der Waals surface area contributed by atoms with Gasteiger partial charge in [-0.15, -0.1) is 0 Å². The molecule has 0 radical (unpaired) electrons. The van der Waals surface area contributed by atoms with Gasteiger partial charge in [-0.1, -0.05) is 18.2 Å².